The lowest BCUT2D eigenvalue weighted by atomic mass is 9.78. The first-order valence-electron chi connectivity index (χ1n) is 4.79. The zero-order valence-electron chi connectivity index (χ0n) is 8.11. The summed E-state index contributed by atoms with van der Waals surface area (Å²) in [5.41, 5.74) is -0.222. The molecule has 0 bridgehead atoms. The van der Waals surface area contributed by atoms with E-state index in [1.54, 1.807) is 0 Å². The van der Waals surface area contributed by atoms with Gasteiger partial charge in [0.2, 0.25) is 0 Å². The Morgan fingerprint density at radius 2 is 1.92 bits per heavy atom. The molecule has 1 aliphatic rings. The third-order valence-corrected chi connectivity index (χ3v) is 2.51. The summed E-state index contributed by atoms with van der Waals surface area (Å²) in [6.45, 7) is 2.31. The van der Waals surface area contributed by atoms with Gasteiger partial charge in [0, 0.05) is 12.0 Å². The van der Waals surface area contributed by atoms with E-state index < -0.39 is 0 Å². The van der Waals surface area contributed by atoms with E-state index in [1.807, 2.05) is 6.92 Å². The average Bonchev–Trinajstić information content (AvgIpc) is 2.19. The molecule has 13 heavy (non-hydrogen) atoms. The fraction of sp³-hybridized carbons (Fsp3) is 0.636. The van der Waals surface area contributed by atoms with E-state index in [4.69, 9.17) is 5.11 Å². The van der Waals surface area contributed by atoms with Gasteiger partial charge in [-0.05, 0) is 18.8 Å². The zero-order chi connectivity index (χ0) is 9.73. The van der Waals surface area contributed by atoms with E-state index in [1.165, 1.54) is 0 Å². The van der Waals surface area contributed by atoms with E-state index in [2.05, 4.69) is 24.3 Å². The van der Waals surface area contributed by atoms with Crippen molar-refractivity contribution in [1.82, 2.24) is 0 Å². The van der Waals surface area contributed by atoms with Gasteiger partial charge in [-0.2, -0.15) is 0 Å². The van der Waals surface area contributed by atoms with Crippen molar-refractivity contribution in [2.24, 2.45) is 11.3 Å². The molecule has 1 aliphatic carbocycles. The molecular weight excluding hydrogens is 164 g/mol. The molecule has 2 nitrogen and oxygen atoms in total. The second-order valence-electron chi connectivity index (χ2n) is 3.92. The van der Waals surface area contributed by atoms with Crippen LogP contribution in [0.3, 0.4) is 0 Å². The second-order valence-corrected chi connectivity index (χ2v) is 3.92. The maximum Gasteiger partial charge on any atom is 0.0556 e. The van der Waals surface area contributed by atoms with Crippen molar-refractivity contribution in [2.45, 2.75) is 19.8 Å². The summed E-state index contributed by atoms with van der Waals surface area (Å²) in [4.78, 5) is 0. The summed E-state index contributed by atoms with van der Waals surface area (Å²) in [5, 5.41) is 18.2. The first kappa shape index (κ1) is 10.5. The van der Waals surface area contributed by atoms with Crippen LogP contribution in [0.25, 0.3) is 0 Å². The minimum absolute atomic E-state index is 0.129. The minimum Gasteiger partial charge on any atom is -0.396 e. The number of rotatable bonds is 4. The van der Waals surface area contributed by atoms with Gasteiger partial charge in [0.25, 0.3) is 0 Å². The Labute approximate surface area is 79.6 Å². The summed E-state index contributed by atoms with van der Waals surface area (Å²) in [7, 11) is 0. The average molecular weight is 182 g/mol. The standard InChI is InChI=1S/C11H18O2/c1-10(8-12)7-11(9-13)5-3-2-4-6-11/h3-6,10,12-13H,2,7-9H2,1H3/t10-/m0/s1. The largest absolute Gasteiger partial charge is 0.396 e. The summed E-state index contributed by atoms with van der Waals surface area (Å²) in [6.07, 6.45) is 10.0. The topological polar surface area (TPSA) is 40.5 Å². The molecule has 1 rings (SSSR count). The molecule has 1 atom stereocenters. The molecule has 74 valence electrons. The molecule has 0 saturated carbocycles. The van der Waals surface area contributed by atoms with Crippen LogP contribution in [0.2, 0.25) is 0 Å². The van der Waals surface area contributed by atoms with Gasteiger partial charge in [-0.15, -0.1) is 0 Å². The van der Waals surface area contributed by atoms with Crippen LogP contribution in [0, 0.1) is 11.3 Å². The van der Waals surface area contributed by atoms with E-state index in [9.17, 15) is 5.11 Å². The molecule has 0 saturated heterocycles. The van der Waals surface area contributed by atoms with Gasteiger partial charge in [0.05, 0.1) is 6.61 Å². The molecule has 0 heterocycles. The number of allylic oxidation sites excluding steroid dienone is 2. The van der Waals surface area contributed by atoms with E-state index in [0.29, 0.717) is 0 Å². The smallest absolute Gasteiger partial charge is 0.0556 e. The third kappa shape index (κ3) is 2.68. The van der Waals surface area contributed by atoms with E-state index in [-0.39, 0.29) is 24.5 Å². The maximum absolute atomic E-state index is 9.30. The summed E-state index contributed by atoms with van der Waals surface area (Å²) in [6, 6.07) is 0. The lowest BCUT2D eigenvalue weighted by Crippen LogP contribution is -2.25. The molecular formula is C11H18O2. The van der Waals surface area contributed by atoms with Crippen molar-refractivity contribution in [1.29, 1.82) is 0 Å². The molecule has 0 radical (unpaired) electrons. The monoisotopic (exact) mass is 182 g/mol. The number of aliphatic hydroxyl groups excluding tert-OH is 2. The highest BCUT2D eigenvalue weighted by Gasteiger charge is 2.26. The Bertz CT molecular complexity index is 194. The molecule has 0 unspecified atom stereocenters. The Balaban J connectivity index is 2.63. The minimum atomic E-state index is -0.222. The van der Waals surface area contributed by atoms with Gasteiger partial charge in [-0.3, -0.25) is 0 Å². The van der Waals surface area contributed by atoms with Crippen molar-refractivity contribution in [3.63, 3.8) is 0 Å². The fourth-order valence-electron chi connectivity index (χ4n) is 1.76. The SMILES string of the molecule is C[C@H](CO)CC1(CO)C=CCC=C1. The molecule has 0 aromatic rings. The second kappa shape index (κ2) is 4.58. The van der Waals surface area contributed by atoms with Crippen molar-refractivity contribution >= 4 is 0 Å². The molecule has 0 aromatic carbocycles. The summed E-state index contributed by atoms with van der Waals surface area (Å²) >= 11 is 0. The van der Waals surface area contributed by atoms with Crippen LogP contribution in [0.4, 0.5) is 0 Å². The molecule has 0 aliphatic heterocycles. The predicted molar refractivity (Wildman–Crippen MR) is 53.3 cm³/mol. The Hall–Kier alpha value is -0.600. The van der Waals surface area contributed by atoms with Crippen molar-refractivity contribution in [3.05, 3.63) is 24.3 Å². The van der Waals surface area contributed by atoms with Crippen molar-refractivity contribution in [3.8, 4) is 0 Å². The zero-order valence-corrected chi connectivity index (χ0v) is 8.11. The van der Waals surface area contributed by atoms with Gasteiger partial charge in [-0.1, -0.05) is 31.2 Å². The van der Waals surface area contributed by atoms with Crippen LogP contribution >= 0.6 is 0 Å². The molecule has 2 heteroatoms. The van der Waals surface area contributed by atoms with Crippen LogP contribution in [-0.4, -0.2) is 23.4 Å². The van der Waals surface area contributed by atoms with E-state index in [0.717, 1.165) is 12.8 Å². The Kier molecular flexibility index (Phi) is 3.70. The summed E-state index contributed by atoms with van der Waals surface area (Å²) in [5.74, 6) is 0.236. The Morgan fingerprint density at radius 1 is 1.31 bits per heavy atom. The summed E-state index contributed by atoms with van der Waals surface area (Å²) < 4.78 is 0. The highest BCUT2D eigenvalue weighted by Crippen LogP contribution is 2.32. The van der Waals surface area contributed by atoms with Crippen LogP contribution in [0.15, 0.2) is 24.3 Å². The van der Waals surface area contributed by atoms with E-state index >= 15 is 0 Å². The molecule has 0 spiro atoms. The molecule has 2 N–H and O–H groups in total. The van der Waals surface area contributed by atoms with Crippen LogP contribution < -0.4 is 0 Å². The molecule has 0 aromatic heterocycles. The maximum atomic E-state index is 9.30. The van der Waals surface area contributed by atoms with Crippen LogP contribution in [0.1, 0.15) is 19.8 Å². The van der Waals surface area contributed by atoms with Crippen molar-refractivity contribution in [2.75, 3.05) is 13.2 Å². The van der Waals surface area contributed by atoms with Gasteiger partial charge >= 0.3 is 0 Å². The molecule has 0 fully saturated rings. The van der Waals surface area contributed by atoms with Gasteiger partial charge in [0.1, 0.15) is 0 Å². The van der Waals surface area contributed by atoms with Gasteiger partial charge in [-0.25, -0.2) is 0 Å². The number of hydrogen-bond acceptors (Lipinski definition) is 2. The molecule has 0 amide bonds. The highest BCUT2D eigenvalue weighted by atomic mass is 16.3. The van der Waals surface area contributed by atoms with Crippen molar-refractivity contribution < 1.29 is 10.2 Å². The first-order valence-corrected chi connectivity index (χ1v) is 4.79. The normalized spacial score (nSPS) is 21.8. The number of hydrogen-bond donors (Lipinski definition) is 2. The fourth-order valence-corrected chi connectivity index (χ4v) is 1.76. The predicted octanol–water partition coefficient (Wildman–Crippen LogP) is 1.50. The lowest BCUT2D eigenvalue weighted by Gasteiger charge is -2.29. The quantitative estimate of drug-likeness (QED) is 0.647. The lowest BCUT2D eigenvalue weighted by molar-refractivity contribution is 0.150. The van der Waals surface area contributed by atoms with Gasteiger partial charge in [0.15, 0.2) is 0 Å². The highest BCUT2D eigenvalue weighted by molar-refractivity contribution is 5.17. The van der Waals surface area contributed by atoms with Gasteiger partial charge < -0.3 is 10.2 Å². The first-order chi connectivity index (χ1) is 6.22. The third-order valence-electron chi connectivity index (χ3n) is 2.51. The van der Waals surface area contributed by atoms with Crippen LogP contribution in [-0.2, 0) is 0 Å². The number of aliphatic hydroxyl groups is 2. The Morgan fingerprint density at radius 3 is 2.38 bits per heavy atom. The van der Waals surface area contributed by atoms with Crippen LogP contribution in [0.5, 0.6) is 0 Å².